The summed E-state index contributed by atoms with van der Waals surface area (Å²) in [6.45, 7) is 2.66. The van der Waals surface area contributed by atoms with Crippen molar-refractivity contribution >= 4 is 45.7 Å². The summed E-state index contributed by atoms with van der Waals surface area (Å²) >= 11 is 0. The van der Waals surface area contributed by atoms with Crippen molar-refractivity contribution in [3.8, 4) is 0 Å². The highest BCUT2D eigenvalue weighted by atomic mass is 35.5. The lowest BCUT2D eigenvalue weighted by Gasteiger charge is -2.12. The second kappa shape index (κ2) is 8.62. The van der Waals surface area contributed by atoms with E-state index in [1.165, 1.54) is 0 Å². The van der Waals surface area contributed by atoms with Gasteiger partial charge in [0.15, 0.2) is 5.78 Å². The van der Waals surface area contributed by atoms with Gasteiger partial charge in [-0.25, -0.2) is 0 Å². The molecule has 0 saturated heterocycles. The number of aryl methyl sites for hydroxylation is 1. The molecular weight excluding hydrogens is 406 g/mol. The van der Waals surface area contributed by atoms with Crippen molar-refractivity contribution in [2.75, 3.05) is 5.32 Å². The van der Waals surface area contributed by atoms with Gasteiger partial charge in [0.25, 0.3) is 0 Å². The Bertz CT molecular complexity index is 1390. The predicted molar refractivity (Wildman–Crippen MR) is 129 cm³/mol. The van der Waals surface area contributed by atoms with E-state index in [1.54, 1.807) is 12.4 Å². The second-order valence-electron chi connectivity index (χ2n) is 7.51. The zero-order valence-electron chi connectivity index (χ0n) is 17.1. The number of rotatable bonds is 5. The minimum Gasteiger partial charge on any atom is -0.380 e. The average molecular weight is 428 g/mol. The molecule has 4 nitrogen and oxygen atoms in total. The summed E-state index contributed by atoms with van der Waals surface area (Å²) in [5.74, 6) is 0.0117. The van der Waals surface area contributed by atoms with Crippen LogP contribution >= 0.6 is 12.4 Å². The molecule has 0 atom stereocenters. The molecular formula is C26H22ClN3O. The number of aromatic amines is 1. The second-order valence-corrected chi connectivity index (χ2v) is 7.51. The van der Waals surface area contributed by atoms with Crippen LogP contribution in [0.5, 0.6) is 0 Å². The molecule has 5 rings (SSSR count). The minimum absolute atomic E-state index is 0. The number of carbonyl (C=O) groups excluding carboxylic acids is 1. The summed E-state index contributed by atoms with van der Waals surface area (Å²) in [7, 11) is 0. The topological polar surface area (TPSA) is 57.8 Å². The number of aromatic nitrogens is 2. The molecule has 2 aromatic heterocycles. The molecule has 5 heteroatoms. The van der Waals surface area contributed by atoms with Crippen molar-refractivity contribution in [1.29, 1.82) is 0 Å². The van der Waals surface area contributed by atoms with Gasteiger partial charge in [-0.3, -0.25) is 9.78 Å². The summed E-state index contributed by atoms with van der Waals surface area (Å²) in [5.41, 5.74) is 6.41. The molecule has 0 fully saturated rings. The SMILES string of the molecule is Cc1ccc2[nH]cc(C(=O)c3ccccc3NCc3ccc4ncccc4c3)c2c1.Cl. The van der Waals surface area contributed by atoms with Crippen LogP contribution in [0.4, 0.5) is 5.69 Å². The predicted octanol–water partition coefficient (Wildman–Crippen LogP) is 6.29. The summed E-state index contributed by atoms with van der Waals surface area (Å²) in [6.07, 6.45) is 3.61. The number of ketones is 1. The van der Waals surface area contributed by atoms with Gasteiger partial charge in [-0.1, -0.05) is 35.9 Å². The number of carbonyl (C=O) groups is 1. The molecule has 0 saturated carbocycles. The number of nitrogens with zero attached hydrogens (tertiary/aromatic N) is 1. The molecule has 2 heterocycles. The number of hydrogen-bond donors (Lipinski definition) is 2. The maximum Gasteiger partial charge on any atom is 0.197 e. The number of para-hydroxylation sites is 1. The average Bonchev–Trinajstić information content (AvgIpc) is 3.20. The summed E-state index contributed by atoms with van der Waals surface area (Å²) < 4.78 is 0. The molecule has 0 bridgehead atoms. The van der Waals surface area contributed by atoms with Gasteiger partial charge in [0.2, 0.25) is 0 Å². The molecule has 0 amide bonds. The highest BCUT2D eigenvalue weighted by Gasteiger charge is 2.17. The van der Waals surface area contributed by atoms with Gasteiger partial charge >= 0.3 is 0 Å². The molecule has 31 heavy (non-hydrogen) atoms. The molecule has 3 aromatic carbocycles. The first-order valence-electron chi connectivity index (χ1n) is 9.98. The maximum atomic E-state index is 13.4. The number of H-pyrrole nitrogens is 1. The van der Waals surface area contributed by atoms with Gasteiger partial charge < -0.3 is 10.3 Å². The van der Waals surface area contributed by atoms with E-state index in [2.05, 4.69) is 39.6 Å². The third kappa shape index (κ3) is 4.03. The van der Waals surface area contributed by atoms with Crippen molar-refractivity contribution in [3.05, 3.63) is 107 Å². The van der Waals surface area contributed by atoms with Gasteiger partial charge in [0.05, 0.1) is 5.52 Å². The fourth-order valence-corrected chi connectivity index (χ4v) is 3.84. The highest BCUT2D eigenvalue weighted by Crippen LogP contribution is 2.26. The normalized spacial score (nSPS) is 10.7. The van der Waals surface area contributed by atoms with E-state index in [-0.39, 0.29) is 18.2 Å². The Balaban J connectivity index is 0.00000231. The van der Waals surface area contributed by atoms with Crippen LogP contribution in [0, 0.1) is 6.92 Å². The van der Waals surface area contributed by atoms with Crippen molar-refractivity contribution in [2.45, 2.75) is 13.5 Å². The van der Waals surface area contributed by atoms with Crippen molar-refractivity contribution in [1.82, 2.24) is 9.97 Å². The Hall–Kier alpha value is -3.63. The van der Waals surface area contributed by atoms with E-state index >= 15 is 0 Å². The van der Waals surface area contributed by atoms with E-state index < -0.39 is 0 Å². The fourth-order valence-electron chi connectivity index (χ4n) is 3.84. The number of hydrogen-bond acceptors (Lipinski definition) is 3. The van der Waals surface area contributed by atoms with Crippen molar-refractivity contribution < 1.29 is 4.79 Å². The smallest absolute Gasteiger partial charge is 0.197 e. The summed E-state index contributed by atoms with van der Waals surface area (Å²) in [4.78, 5) is 21.0. The molecule has 0 radical (unpaired) electrons. The molecule has 5 aromatic rings. The van der Waals surface area contributed by atoms with Crippen LogP contribution in [0.1, 0.15) is 27.0 Å². The third-order valence-corrected chi connectivity index (χ3v) is 5.40. The Labute approximate surface area is 186 Å². The quantitative estimate of drug-likeness (QED) is 0.324. The van der Waals surface area contributed by atoms with E-state index in [9.17, 15) is 4.79 Å². The third-order valence-electron chi connectivity index (χ3n) is 5.40. The lowest BCUT2D eigenvalue weighted by molar-refractivity contribution is 0.104. The van der Waals surface area contributed by atoms with Crippen molar-refractivity contribution in [3.63, 3.8) is 0 Å². The van der Waals surface area contributed by atoms with Crippen LogP contribution < -0.4 is 5.32 Å². The van der Waals surface area contributed by atoms with Crippen LogP contribution in [-0.2, 0) is 6.54 Å². The first-order valence-corrected chi connectivity index (χ1v) is 9.98. The van der Waals surface area contributed by atoms with E-state index in [0.29, 0.717) is 17.7 Å². The van der Waals surface area contributed by atoms with E-state index in [1.807, 2.05) is 55.5 Å². The number of pyridine rings is 1. The minimum atomic E-state index is 0. The molecule has 0 aliphatic carbocycles. The molecule has 154 valence electrons. The van der Waals surface area contributed by atoms with Gasteiger partial charge in [-0.05, 0) is 55.0 Å². The standard InChI is InChI=1S/C26H21N3O.ClH/c1-17-8-10-25-21(13-17)22(16-29-25)26(30)20-6-2-3-7-24(20)28-15-18-9-11-23-19(14-18)5-4-12-27-23;/h2-14,16,28-29H,15H2,1H3;1H. The molecule has 2 N–H and O–H groups in total. The Morgan fingerprint density at radius 3 is 2.74 bits per heavy atom. The number of halogens is 1. The highest BCUT2D eigenvalue weighted by molar-refractivity contribution is 6.18. The molecule has 0 aliphatic heterocycles. The van der Waals surface area contributed by atoms with Crippen LogP contribution in [0.25, 0.3) is 21.8 Å². The Morgan fingerprint density at radius 2 is 1.84 bits per heavy atom. The van der Waals surface area contributed by atoms with Gasteiger partial charge in [-0.2, -0.15) is 0 Å². The van der Waals surface area contributed by atoms with Gasteiger partial charge in [-0.15, -0.1) is 12.4 Å². The fraction of sp³-hybridized carbons (Fsp3) is 0.0769. The number of benzene rings is 3. The van der Waals surface area contributed by atoms with Gasteiger partial charge in [0.1, 0.15) is 0 Å². The van der Waals surface area contributed by atoms with Crippen LogP contribution in [0.15, 0.2) is 85.2 Å². The van der Waals surface area contributed by atoms with Crippen LogP contribution in [-0.4, -0.2) is 15.8 Å². The lowest BCUT2D eigenvalue weighted by atomic mass is 10.00. The maximum absolute atomic E-state index is 13.4. The first-order chi connectivity index (χ1) is 14.7. The van der Waals surface area contributed by atoms with Crippen LogP contribution in [0.3, 0.4) is 0 Å². The Kier molecular flexibility index (Phi) is 5.74. The van der Waals surface area contributed by atoms with Crippen LogP contribution in [0.2, 0.25) is 0 Å². The monoisotopic (exact) mass is 427 g/mol. The number of fused-ring (bicyclic) bond motifs is 2. The summed E-state index contributed by atoms with van der Waals surface area (Å²) in [6, 6.07) is 24.0. The van der Waals surface area contributed by atoms with Gasteiger partial charge in [0, 0.05) is 52.0 Å². The molecule has 0 aliphatic rings. The summed E-state index contributed by atoms with van der Waals surface area (Å²) in [5, 5.41) is 5.51. The Morgan fingerprint density at radius 1 is 0.968 bits per heavy atom. The van der Waals surface area contributed by atoms with E-state index in [4.69, 9.17) is 0 Å². The largest absolute Gasteiger partial charge is 0.380 e. The lowest BCUT2D eigenvalue weighted by Crippen LogP contribution is -2.07. The molecule has 0 spiro atoms. The number of nitrogens with one attached hydrogen (secondary N) is 2. The van der Waals surface area contributed by atoms with E-state index in [0.717, 1.165) is 38.6 Å². The number of anilines is 1. The first kappa shape index (κ1) is 20.6. The van der Waals surface area contributed by atoms with Crippen molar-refractivity contribution in [2.24, 2.45) is 0 Å². The molecule has 0 unspecified atom stereocenters. The zero-order valence-corrected chi connectivity index (χ0v) is 17.9. The zero-order chi connectivity index (χ0) is 20.5.